The van der Waals surface area contributed by atoms with Crippen LogP contribution in [0.4, 0.5) is 17.1 Å². The third-order valence-corrected chi connectivity index (χ3v) is 4.34. The molecule has 2 N–H and O–H groups in total. The number of nitro benzene ring substituents is 1. The van der Waals surface area contributed by atoms with Crippen molar-refractivity contribution in [1.29, 1.82) is 0 Å². The van der Waals surface area contributed by atoms with Crippen molar-refractivity contribution in [2.45, 2.75) is 0 Å². The van der Waals surface area contributed by atoms with Crippen LogP contribution in [-0.4, -0.2) is 37.0 Å². The average molecular weight is 361 g/mol. The number of anilines is 2. The van der Waals surface area contributed by atoms with E-state index in [1.54, 1.807) is 12.1 Å². The number of carbonyl (C=O) groups is 1. The normalized spacial score (nSPS) is 14.2. The van der Waals surface area contributed by atoms with Gasteiger partial charge in [-0.25, -0.2) is 0 Å². The molecule has 0 saturated carbocycles. The highest BCUT2D eigenvalue weighted by Crippen LogP contribution is 2.24. The third kappa shape index (κ3) is 4.07. The van der Waals surface area contributed by atoms with Crippen LogP contribution in [0.3, 0.4) is 0 Å². The number of hydrogen-bond acceptors (Lipinski definition) is 5. The molecule has 8 heteroatoms. The van der Waals surface area contributed by atoms with Crippen molar-refractivity contribution in [3.8, 4) is 0 Å². The number of nitrogens with zero attached hydrogens (tertiary/aromatic N) is 2. The molecule has 2 aromatic carbocycles. The summed E-state index contributed by atoms with van der Waals surface area (Å²) >= 11 is 5.99. The number of halogens is 1. The molecular weight excluding hydrogens is 344 g/mol. The molecule has 1 fully saturated rings. The minimum absolute atomic E-state index is 0.0713. The lowest BCUT2D eigenvalue weighted by Gasteiger charge is -2.29. The fraction of sp³-hybridized carbons (Fsp3) is 0.235. The summed E-state index contributed by atoms with van der Waals surface area (Å²) in [6.45, 7) is 3.78. The van der Waals surface area contributed by atoms with Crippen molar-refractivity contribution in [3.63, 3.8) is 0 Å². The average Bonchev–Trinajstić information content (AvgIpc) is 2.63. The van der Waals surface area contributed by atoms with E-state index in [-0.39, 0.29) is 16.3 Å². The maximum Gasteiger partial charge on any atom is 0.270 e. The molecule has 0 atom stereocenters. The van der Waals surface area contributed by atoms with Crippen molar-refractivity contribution in [1.82, 2.24) is 5.32 Å². The molecule has 3 rings (SSSR count). The number of benzene rings is 2. The van der Waals surface area contributed by atoms with E-state index in [0.717, 1.165) is 31.9 Å². The quantitative estimate of drug-likeness (QED) is 0.646. The van der Waals surface area contributed by atoms with Crippen LogP contribution in [-0.2, 0) is 0 Å². The zero-order valence-electron chi connectivity index (χ0n) is 13.4. The maximum absolute atomic E-state index is 12.4. The molecule has 0 aliphatic carbocycles. The first-order chi connectivity index (χ1) is 12.0. The number of rotatable bonds is 4. The number of nitrogens with one attached hydrogen (secondary N) is 2. The first-order valence-corrected chi connectivity index (χ1v) is 8.23. The molecule has 25 heavy (non-hydrogen) atoms. The molecule has 1 heterocycles. The molecule has 1 amide bonds. The van der Waals surface area contributed by atoms with Crippen LogP contribution in [0.25, 0.3) is 0 Å². The Morgan fingerprint density at radius 1 is 1.16 bits per heavy atom. The molecule has 0 spiro atoms. The Hall–Kier alpha value is -2.64. The zero-order chi connectivity index (χ0) is 17.8. The van der Waals surface area contributed by atoms with Gasteiger partial charge in [-0.3, -0.25) is 14.9 Å². The molecule has 7 nitrogen and oxygen atoms in total. The predicted octanol–water partition coefficient (Wildman–Crippen LogP) is 2.91. The highest BCUT2D eigenvalue weighted by molar-refractivity contribution is 6.34. The minimum atomic E-state index is -0.560. The van der Waals surface area contributed by atoms with Crippen molar-refractivity contribution in [2.24, 2.45) is 0 Å². The van der Waals surface area contributed by atoms with E-state index in [9.17, 15) is 14.9 Å². The molecule has 0 radical (unpaired) electrons. The van der Waals surface area contributed by atoms with Gasteiger partial charge < -0.3 is 15.5 Å². The van der Waals surface area contributed by atoms with Crippen LogP contribution < -0.4 is 15.5 Å². The van der Waals surface area contributed by atoms with Gasteiger partial charge >= 0.3 is 0 Å². The maximum atomic E-state index is 12.4. The molecule has 130 valence electrons. The molecule has 1 aliphatic heterocycles. The van der Waals surface area contributed by atoms with Gasteiger partial charge in [0.15, 0.2) is 0 Å². The molecule has 0 aromatic heterocycles. The Morgan fingerprint density at radius 2 is 1.84 bits per heavy atom. The first-order valence-electron chi connectivity index (χ1n) is 7.85. The van der Waals surface area contributed by atoms with E-state index >= 15 is 0 Å². The van der Waals surface area contributed by atoms with E-state index in [0.29, 0.717) is 5.69 Å². The topological polar surface area (TPSA) is 87.5 Å². The monoisotopic (exact) mass is 360 g/mol. The SMILES string of the molecule is O=C(Nc1ccc(N2CCNCC2)cc1)c1cc([N+](=O)[O-])ccc1Cl. The van der Waals surface area contributed by atoms with Crippen LogP contribution in [0.5, 0.6) is 0 Å². The molecule has 2 aromatic rings. The lowest BCUT2D eigenvalue weighted by atomic mass is 10.1. The number of amides is 1. The molecular formula is C17H17ClN4O3. The van der Waals surface area contributed by atoms with Crippen molar-refractivity contribution in [3.05, 3.63) is 63.2 Å². The third-order valence-electron chi connectivity index (χ3n) is 4.01. The van der Waals surface area contributed by atoms with Crippen LogP contribution in [0.1, 0.15) is 10.4 Å². The fourth-order valence-corrected chi connectivity index (χ4v) is 2.88. The second-order valence-corrected chi connectivity index (χ2v) is 6.07. The number of hydrogen-bond donors (Lipinski definition) is 2. The summed E-state index contributed by atoms with van der Waals surface area (Å²) in [7, 11) is 0. The van der Waals surface area contributed by atoms with Gasteiger partial charge in [0.25, 0.3) is 11.6 Å². The van der Waals surface area contributed by atoms with E-state index in [1.165, 1.54) is 18.2 Å². The Kier molecular flexibility index (Phi) is 5.16. The lowest BCUT2D eigenvalue weighted by Crippen LogP contribution is -2.43. The van der Waals surface area contributed by atoms with E-state index in [4.69, 9.17) is 11.6 Å². The second kappa shape index (κ2) is 7.50. The first kappa shape index (κ1) is 17.2. The van der Waals surface area contributed by atoms with Crippen LogP contribution in [0, 0.1) is 10.1 Å². The zero-order valence-corrected chi connectivity index (χ0v) is 14.1. The van der Waals surface area contributed by atoms with Gasteiger partial charge in [-0.15, -0.1) is 0 Å². The second-order valence-electron chi connectivity index (χ2n) is 5.66. The highest BCUT2D eigenvalue weighted by atomic mass is 35.5. The summed E-state index contributed by atoms with van der Waals surface area (Å²) in [5.74, 6) is -0.483. The van der Waals surface area contributed by atoms with Gasteiger partial charge in [0.2, 0.25) is 0 Å². The summed E-state index contributed by atoms with van der Waals surface area (Å²) in [4.78, 5) is 24.9. The number of non-ortho nitro benzene ring substituents is 1. The standard InChI is InChI=1S/C17H17ClN4O3/c18-16-6-5-14(22(24)25)11-15(16)17(23)20-12-1-3-13(4-2-12)21-9-7-19-8-10-21/h1-6,11,19H,7-10H2,(H,20,23). The minimum Gasteiger partial charge on any atom is -0.369 e. The van der Waals surface area contributed by atoms with E-state index in [1.807, 2.05) is 12.1 Å². The summed E-state index contributed by atoms with van der Waals surface area (Å²) < 4.78 is 0. The van der Waals surface area contributed by atoms with Crippen molar-refractivity contribution in [2.75, 3.05) is 36.4 Å². The summed E-state index contributed by atoms with van der Waals surface area (Å²) in [5.41, 5.74) is 1.59. The molecule has 1 aliphatic rings. The Morgan fingerprint density at radius 3 is 2.48 bits per heavy atom. The van der Waals surface area contributed by atoms with Crippen molar-refractivity contribution < 1.29 is 9.72 Å². The number of carbonyl (C=O) groups excluding carboxylic acids is 1. The van der Waals surface area contributed by atoms with Crippen molar-refractivity contribution >= 4 is 34.6 Å². The van der Waals surface area contributed by atoms with Gasteiger partial charge in [0.05, 0.1) is 15.5 Å². The van der Waals surface area contributed by atoms with E-state index in [2.05, 4.69) is 15.5 Å². The van der Waals surface area contributed by atoms with Gasteiger partial charge in [-0.2, -0.15) is 0 Å². The Balaban J connectivity index is 1.72. The smallest absolute Gasteiger partial charge is 0.270 e. The Labute approximate surface area is 149 Å². The number of piperazine rings is 1. The van der Waals surface area contributed by atoms with E-state index < -0.39 is 10.8 Å². The van der Waals surface area contributed by atoms with Crippen LogP contribution >= 0.6 is 11.6 Å². The molecule has 0 unspecified atom stereocenters. The van der Waals surface area contributed by atoms with Gasteiger partial charge in [0, 0.05) is 49.7 Å². The summed E-state index contributed by atoms with van der Waals surface area (Å²) in [5, 5.41) is 17.0. The molecule has 1 saturated heterocycles. The number of nitro groups is 1. The van der Waals surface area contributed by atoms with Gasteiger partial charge in [-0.1, -0.05) is 11.6 Å². The van der Waals surface area contributed by atoms with Gasteiger partial charge in [0.1, 0.15) is 0 Å². The Bertz CT molecular complexity index is 789. The molecule has 0 bridgehead atoms. The highest BCUT2D eigenvalue weighted by Gasteiger charge is 2.16. The van der Waals surface area contributed by atoms with Gasteiger partial charge in [-0.05, 0) is 30.3 Å². The van der Waals surface area contributed by atoms with Crippen LogP contribution in [0.2, 0.25) is 5.02 Å². The largest absolute Gasteiger partial charge is 0.369 e. The summed E-state index contributed by atoms with van der Waals surface area (Å²) in [6, 6.07) is 11.3. The lowest BCUT2D eigenvalue weighted by molar-refractivity contribution is -0.384. The predicted molar refractivity (Wildman–Crippen MR) is 97.6 cm³/mol. The fourth-order valence-electron chi connectivity index (χ4n) is 2.68. The summed E-state index contributed by atoms with van der Waals surface area (Å²) in [6.07, 6.45) is 0. The van der Waals surface area contributed by atoms with Crippen LogP contribution in [0.15, 0.2) is 42.5 Å².